The smallest absolute Gasteiger partial charge is 0.164 e. The van der Waals surface area contributed by atoms with Gasteiger partial charge in [-0.15, -0.1) is 0 Å². The Morgan fingerprint density at radius 1 is 0.327 bits per heavy atom. The summed E-state index contributed by atoms with van der Waals surface area (Å²) in [5, 5.41) is 2.25. The molecule has 0 spiro atoms. The van der Waals surface area contributed by atoms with E-state index in [1.54, 1.807) is 0 Å². The van der Waals surface area contributed by atoms with Crippen molar-refractivity contribution in [3.63, 3.8) is 0 Å². The summed E-state index contributed by atoms with van der Waals surface area (Å²) < 4.78 is 0. The van der Waals surface area contributed by atoms with Gasteiger partial charge < -0.3 is 0 Å². The molecule has 0 fully saturated rings. The molecule has 3 heteroatoms. The summed E-state index contributed by atoms with van der Waals surface area (Å²) >= 11 is 0. The highest BCUT2D eigenvalue weighted by molar-refractivity contribution is 5.99. The van der Waals surface area contributed by atoms with Crippen LogP contribution in [-0.4, -0.2) is 15.0 Å². The van der Waals surface area contributed by atoms with Crippen LogP contribution >= 0.6 is 0 Å². The molecule has 52 heavy (non-hydrogen) atoms. The first-order valence-electron chi connectivity index (χ1n) is 18.0. The van der Waals surface area contributed by atoms with Crippen LogP contribution in [0.25, 0.3) is 78.3 Å². The third-order valence-electron chi connectivity index (χ3n) is 11.5. The maximum Gasteiger partial charge on any atom is 0.164 e. The van der Waals surface area contributed by atoms with Crippen LogP contribution in [0.3, 0.4) is 0 Å². The van der Waals surface area contributed by atoms with Gasteiger partial charge in [0.25, 0.3) is 0 Å². The Kier molecular flexibility index (Phi) is 7.48. The molecule has 0 aliphatic heterocycles. The van der Waals surface area contributed by atoms with Gasteiger partial charge in [-0.3, -0.25) is 0 Å². The van der Waals surface area contributed by atoms with Gasteiger partial charge in [-0.1, -0.05) is 173 Å². The zero-order chi connectivity index (χ0) is 35.5. The quantitative estimate of drug-likeness (QED) is 0.183. The number of hydrogen-bond donors (Lipinski definition) is 0. The van der Waals surface area contributed by atoms with Gasteiger partial charge in [0.2, 0.25) is 0 Å². The summed E-state index contributed by atoms with van der Waals surface area (Å²) in [6.45, 7) is 9.52. The molecule has 1 aliphatic rings. The molecule has 9 rings (SSSR count). The third kappa shape index (κ3) is 5.24. The second kappa shape index (κ2) is 12.2. The van der Waals surface area contributed by atoms with Crippen molar-refractivity contribution in [3.05, 3.63) is 175 Å². The van der Waals surface area contributed by atoms with Crippen molar-refractivity contribution in [2.45, 2.75) is 38.5 Å². The normalized spacial score (nSPS) is 14.1. The summed E-state index contributed by atoms with van der Waals surface area (Å²) in [7, 11) is 0. The lowest BCUT2D eigenvalue weighted by Gasteiger charge is -2.48. The summed E-state index contributed by atoms with van der Waals surface area (Å²) in [5.74, 6) is 1.95. The molecule has 1 aliphatic carbocycles. The maximum atomic E-state index is 5.20. The molecule has 7 aromatic carbocycles. The van der Waals surface area contributed by atoms with Gasteiger partial charge >= 0.3 is 0 Å². The molecule has 8 aromatic rings. The Labute approximate surface area is 305 Å². The van der Waals surface area contributed by atoms with Gasteiger partial charge in [-0.2, -0.15) is 0 Å². The second-order valence-electron chi connectivity index (χ2n) is 14.9. The first-order valence-corrected chi connectivity index (χ1v) is 18.0. The van der Waals surface area contributed by atoms with Gasteiger partial charge in [0.1, 0.15) is 0 Å². The van der Waals surface area contributed by atoms with Crippen LogP contribution in [0.15, 0.2) is 164 Å². The third-order valence-corrected chi connectivity index (χ3v) is 11.5. The molecule has 0 amide bonds. The molecule has 1 heterocycles. The lowest BCUT2D eigenvalue weighted by molar-refractivity contribution is 0.299. The molecular formula is C49H39N3. The average molecular weight is 670 g/mol. The largest absolute Gasteiger partial charge is 0.208 e. The van der Waals surface area contributed by atoms with E-state index in [9.17, 15) is 0 Å². The van der Waals surface area contributed by atoms with Crippen LogP contribution in [-0.2, 0) is 10.8 Å². The SMILES string of the molecule is CC1(C)c2ccccc2-c2cc(-c3cc(-c4nc(-c5ccccc5)nc(-c5ccc(-c6ccccc6)cc5)n4)c4ccccc4c3)ccc2C1(C)C. The minimum absolute atomic E-state index is 0.0110. The highest BCUT2D eigenvalue weighted by Gasteiger charge is 2.45. The molecule has 0 saturated carbocycles. The summed E-state index contributed by atoms with van der Waals surface area (Å²) in [6.07, 6.45) is 0. The number of rotatable bonds is 5. The number of hydrogen-bond acceptors (Lipinski definition) is 3. The van der Waals surface area contributed by atoms with Gasteiger partial charge in [-0.25, -0.2) is 15.0 Å². The molecule has 0 N–H and O–H groups in total. The van der Waals surface area contributed by atoms with Gasteiger partial charge in [0, 0.05) is 16.7 Å². The van der Waals surface area contributed by atoms with Crippen molar-refractivity contribution in [1.29, 1.82) is 0 Å². The lowest BCUT2D eigenvalue weighted by Crippen LogP contribution is -2.43. The molecule has 1 aromatic heterocycles. The van der Waals surface area contributed by atoms with Crippen molar-refractivity contribution >= 4 is 10.8 Å². The van der Waals surface area contributed by atoms with E-state index in [0.29, 0.717) is 17.5 Å². The number of benzene rings is 7. The van der Waals surface area contributed by atoms with Crippen LogP contribution < -0.4 is 0 Å². The van der Waals surface area contributed by atoms with Gasteiger partial charge in [0.05, 0.1) is 0 Å². The predicted molar refractivity (Wildman–Crippen MR) is 216 cm³/mol. The molecule has 250 valence electrons. The van der Waals surface area contributed by atoms with Crippen molar-refractivity contribution < 1.29 is 0 Å². The van der Waals surface area contributed by atoms with Crippen LogP contribution in [0.2, 0.25) is 0 Å². The van der Waals surface area contributed by atoms with E-state index in [1.807, 2.05) is 24.3 Å². The molecule has 3 nitrogen and oxygen atoms in total. The van der Waals surface area contributed by atoms with Gasteiger partial charge in [-0.05, 0) is 84.3 Å². The Hall–Kier alpha value is -6.19. The fraction of sp³-hybridized carbons (Fsp3) is 0.122. The average Bonchev–Trinajstić information content (AvgIpc) is 3.20. The maximum absolute atomic E-state index is 5.20. The van der Waals surface area contributed by atoms with Crippen molar-refractivity contribution in [2.75, 3.05) is 0 Å². The zero-order valence-corrected chi connectivity index (χ0v) is 29.9. The van der Waals surface area contributed by atoms with Crippen LogP contribution in [0.5, 0.6) is 0 Å². The van der Waals surface area contributed by atoms with E-state index in [0.717, 1.165) is 38.6 Å². The Bertz CT molecular complexity index is 2600. The van der Waals surface area contributed by atoms with Crippen LogP contribution in [0, 0.1) is 0 Å². The van der Waals surface area contributed by atoms with E-state index in [-0.39, 0.29) is 10.8 Å². The molecule has 0 bridgehead atoms. The van der Waals surface area contributed by atoms with E-state index >= 15 is 0 Å². The van der Waals surface area contributed by atoms with E-state index in [1.165, 1.54) is 33.4 Å². The monoisotopic (exact) mass is 669 g/mol. The van der Waals surface area contributed by atoms with Crippen molar-refractivity contribution in [1.82, 2.24) is 15.0 Å². The fourth-order valence-electron chi connectivity index (χ4n) is 7.87. The summed E-state index contributed by atoms with van der Waals surface area (Å²) in [5.41, 5.74) is 12.9. The minimum atomic E-state index is -0.0435. The van der Waals surface area contributed by atoms with Crippen molar-refractivity contribution in [3.8, 4) is 67.5 Å². The minimum Gasteiger partial charge on any atom is -0.208 e. The summed E-state index contributed by atoms with van der Waals surface area (Å²) in [6, 6.07) is 58.2. The van der Waals surface area contributed by atoms with E-state index < -0.39 is 0 Å². The number of fused-ring (bicyclic) bond motifs is 4. The molecule has 0 saturated heterocycles. The zero-order valence-electron chi connectivity index (χ0n) is 29.9. The van der Waals surface area contributed by atoms with E-state index in [2.05, 4.69) is 167 Å². The number of nitrogens with zero attached hydrogens (tertiary/aromatic N) is 3. The Morgan fingerprint density at radius 3 is 1.52 bits per heavy atom. The van der Waals surface area contributed by atoms with Crippen LogP contribution in [0.1, 0.15) is 38.8 Å². The van der Waals surface area contributed by atoms with Crippen molar-refractivity contribution in [2.24, 2.45) is 0 Å². The van der Waals surface area contributed by atoms with E-state index in [4.69, 9.17) is 15.0 Å². The first kappa shape index (κ1) is 31.8. The highest BCUT2D eigenvalue weighted by atomic mass is 15.0. The first-order chi connectivity index (χ1) is 25.3. The van der Waals surface area contributed by atoms with Gasteiger partial charge in [0.15, 0.2) is 17.5 Å². The predicted octanol–water partition coefficient (Wildman–Crippen LogP) is 12.6. The Balaban J connectivity index is 1.22. The number of aromatic nitrogens is 3. The molecule has 0 radical (unpaired) electrons. The molecule has 0 atom stereocenters. The second-order valence-corrected chi connectivity index (χ2v) is 14.9. The standard InChI is InChI=1S/C49H39N3/c1-48(2)43-22-14-13-21-40(43)41-30-36(27-28-44(41)49(48,3)4)38-29-37-19-11-12-20-39(37)42(31-38)47-51-45(34-17-9-6-10-18-34)50-46(52-47)35-25-23-33(24-26-35)32-15-7-5-8-16-32/h5-31H,1-4H3. The summed E-state index contributed by atoms with van der Waals surface area (Å²) in [4.78, 5) is 15.4. The fourth-order valence-corrected chi connectivity index (χ4v) is 7.87. The topological polar surface area (TPSA) is 38.7 Å². The molecule has 0 unspecified atom stereocenters. The van der Waals surface area contributed by atoms with Crippen LogP contribution in [0.4, 0.5) is 0 Å². The Morgan fingerprint density at radius 2 is 0.808 bits per heavy atom. The molecular weight excluding hydrogens is 631 g/mol. The lowest BCUT2D eigenvalue weighted by atomic mass is 9.55. The highest BCUT2D eigenvalue weighted by Crippen LogP contribution is 2.54.